The average Bonchev–Trinajstić information content (AvgIpc) is 2.64. The summed E-state index contributed by atoms with van der Waals surface area (Å²) < 4.78 is 10.5. The van der Waals surface area contributed by atoms with E-state index >= 15 is 0 Å². The van der Waals surface area contributed by atoms with E-state index in [1.807, 2.05) is 24.3 Å². The summed E-state index contributed by atoms with van der Waals surface area (Å²) in [5.41, 5.74) is 1.96. The number of carbonyl (C=O) groups excluding carboxylic acids is 1. The Labute approximate surface area is 163 Å². The lowest BCUT2D eigenvalue weighted by molar-refractivity contribution is 0.207. The van der Waals surface area contributed by atoms with Crippen molar-refractivity contribution in [1.29, 1.82) is 0 Å². The van der Waals surface area contributed by atoms with Gasteiger partial charge in [-0.3, -0.25) is 0 Å². The number of hydrogen-bond donors (Lipinski definition) is 1. The first-order valence-electron chi connectivity index (χ1n) is 8.08. The van der Waals surface area contributed by atoms with Gasteiger partial charge in [0.15, 0.2) is 11.5 Å². The molecule has 0 fully saturated rings. The number of hydrogen-bond acceptors (Lipinski definition) is 3. The largest absolute Gasteiger partial charge is 0.493 e. The van der Waals surface area contributed by atoms with Crippen LogP contribution in [0, 0.1) is 0 Å². The fourth-order valence-corrected chi connectivity index (χ4v) is 2.79. The number of methoxy groups -OCH3 is 2. The van der Waals surface area contributed by atoms with Crippen LogP contribution in [0.15, 0.2) is 36.4 Å². The van der Waals surface area contributed by atoms with Crippen LogP contribution in [0.4, 0.5) is 4.79 Å². The Balaban J connectivity index is 1.85. The Hall–Kier alpha value is -2.11. The van der Waals surface area contributed by atoms with Gasteiger partial charge in [0.1, 0.15) is 0 Å². The number of amides is 2. The van der Waals surface area contributed by atoms with E-state index in [1.54, 1.807) is 38.3 Å². The van der Waals surface area contributed by atoms with Gasteiger partial charge in [-0.2, -0.15) is 0 Å². The minimum atomic E-state index is -0.156. The topological polar surface area (TPSA) is 50.8 Å². The van der Waals surface area contributed by atoms with Crippen molar-refractivity contribution in [2.75, 3.05) is 27.8 Å². The lowest BCUT2D eigenvalue weighted by Crippen LogP contribution is -2.37. The van der Waals surface area contributed by atoms with Crippen molar-refractivity contribution >= 4 is 29.2 Å². The number of carbonyl (C=O) groups is 1. The smallest absolute Gasteiger partial charge is 0.317 e. The van der Waals surface area contributed by atoms with E-state index in [4.69, 9.17) is 32.7 Å². The van der Waals surface area contributed by atoms with Gasteiger partial charge in [-0.25, -0.2) is 4.79 Å². The molecule has 0 aliphatic heterocycles. The standard InChI is InChI=1S/C19H22Cl2N2O3/c1-23(12-14-4-6-15(20)16(21)10-14)19(24)22-9-8-13-5-7-17(25-2)18(11-13)26-3/h4-7,10-11H,8-9,12H2,1-3H3,(H,22,24). The van der Waals surface area contributed by atoms with Crippen molar-refractivity contribution in [2.45, 2.75) is 13.0 Å². The van der Waals surface area contributed by atoms with Crippen molar-refractivity contribution < 1.29 is 14.3 Å². The van der Waals surface area contributed by atoms with Crippen molar-refractivity contribution in [3.63, 3.8) is 0 Å². The van der Waals surface area contributed by atoms with Gasteiger partial charge < -0.3 is 19.7 Å². The van der Waals surface area contributed by atoms with Crippen LogP contribution >= 0.6 is 23.2 Å². The molecule has 7 heteroatoms. The Morgan fingerprint density at radius 3 is 2.35 bits per heavy atom. The molecule has 26 heavy (non-hydrogen) atoms. The molecule has 0 saturated carbocycles. The third-order valence-electron chi connectivity index (χ3n) is 3.89. The van der Waals surface area contributed by atoms with Crippen LogP contribution in [0.1, 0.15) is 11.1 Å². The third-order valence-corrected chi connectivity index (χ3v) is 4.63. The molecule has 5 nitrogen and oxygen atoms in total. The minimum absolute atomic E-state index is 0.156. The normalized spacial score (nSPS) is 10.3. The van der Waals surface area contributed by atoms with Crippen LogP contribution in [0.5, 0.6) is 11.5 Å². The molecule has 140 valence electrons. The number of ether oxygens (including phenoxy) is 2. The van der Waals surface area contributed by atoms with Crippen LogP contribution in [0.25, 0.3) is 0 Å². The van der Waals surface area contributed by atoms with E-state index in [1.165, 1.54) is 0 Å². The summed E-state index contributed by atoms with van der Waals surface area (Å²) in [6.45, 7) is 0.957. The molecule has 2 amide bonds. The van der Waals surface area contributed by atoms with Gasteiger partial charge in [-0.1, -0.05) is 35.3 Å². The quantitative estimate of drug-likeness (QED) is 0.754. The van der Waals surface area contributed by atoms with Crippen LogP contribution in [-0.4, -0.2) is 38.7 Å². The first kappa shape index (κ1) is 20.2. The summed E-state index contributed by atoms with van der Waals surface area (Å²) in [6, 6.07) is 10.9. The molecular weight excluding hydrogens is 375 g/mol. The number of halogens is 2. The zero-order valence-corrected chi connectivity index (χ0v) is 16.5. The molecule has 0 aliphatic rings. The highest BCUT2D eigenvalue weighted by molar-refractivity contribution is 6.42. The van der Waals surface area contributed by atoms with E-state index in [0.717, 1.165) is 11.1 Å². The van der Waals surface area contributed by atoms with Crippen LogP contribution < -0.4 is 14.8 Å². The Morgan fingerprint density at radius 1 is 1.00 bits per heavy atom. The summed E-state index contributed by atoms with van der Waals surface area (Å²) in [7, 11) is 4.93. The highest BCUT2D eigenvalue weighted by Gasteiger charge is 2.10. The summed E-state index contributed by atoms with van der Waals surface area (Å²) in [4.78, 5) is 13.8. The van der Waals surface area contributed by atoms with Gasteiger partial charge in [0.25, 0.3) is 0 Å². The summed E-state index contributed by atoms with van der Waals surface area (Å²) in [6.07, 6.45) is 0.687. The van der Waals surface area contributed by atoms with Gasteiger partial charge in [0.2, 0.25) is 0 Å². The zero-order valence-electron chi connectivity index (χ0n) is 15.0. The Bertz CT molecular complexity index is 768. The first-order valence-corrected chi connectivity index (χ1v) is 8.84. The van der Waals surface area contributed by atoms with Gasteiger partial charge in [-0.05, 0) is 41.8 Å². The molecule has 0 aliphatic carbocycles. The van der Waals surface area contributed by atoms with Crippen molar-refractivity contribution in [1.82, 2.24) is 10.2 Å². The molecule has 0 unspecified atom stereocenters. The second kappa shape index (κ2) is 9.55. The SMILES string of the molecule is COc1ccc(CCNC(=O)N(C)Cc2ccc(Cl)c(Cl)c2)cc1OC. The van der Waals surface area contributed by atoms with Gasteiger partial charge in [0.05, 0.1) is 24.3 Å². The molecule has 0 atom stereocenters. The average molecular weight is 397 g/mol. The van der Waals surface area contributed by atoms with E-state index in [-0.39, 0.29) is 6.03 Å². The van der Waals surface area contributed by atoms with E-state index in [0.29, 0.717) is 41.1 Å². The molecule has 0 bridgehead atoms. The fraction of sp³-hybridized carbons (Fsp3) is 0.316. The summed E-state index contributed by atoms with van der Waals surface area (Å²) in [5.74, 6) is 1.36. The zero-order chi connectivity index (χ0) is 19.1. The minimum Gasteiger partial charge on any atom is -0.493 e. The van der Waals surface area contributed by atoms with E-state index in [2.05, 4.69) is 5.32 Å². The van der Waals surface area contributed by atoms with E-state index in [9.17, 15) is 4.79 Å². The predicted octanol–water partition coefficient (Wildman–Crippen LogP) is 4.39. The van der Waals surface area contributed by atoms with E-state index < -0.39 is 0 Å². The molecule has 0 aromatic heterocycles. The summed E-state index contributed by atoms with van der Waals surface area (Å²) in [5, 5.41) is 3.87. The monoisotopic (exact) mass is 396 g/mol. The van der Waals surface area contributed by atoms with Crippen LogP contribution in [-0.2, 0) is 13.0 Å². The Morgan fingerprint density at radius 2 is 1.69 bits per heavy atom. The molecule has 2 aromatic rings. The highest BCUT2D eigenvalue weighted by atomic mass is 35.5. The number of benzene rings is 2. The van der Waals surface area contributed by atoms with Gasteiger partial charge >= 0.3 is 6.03 Å². The number of urea groups is 1. The van der Waals surface area contributed by atoms with Crippen molar-refractivity contribution in [3.05, 3.63) is 57.6 Å². The van der Waals surface area contributed by atoms with Crippen molar-refractivity contribution in [3.8, 4) is 11.5 Å². The van der Waals surface area contributed by atoms with Crippen LogP contribution in [0.3, 0.4) is 0 Å². The molecule has 0 spiro atoms. The lowest BCUT2D eigenvalue weighted by Gasteiger charge is -2.18. The predicted molar refractivity (Wildman–Crippen MR) is 105 cm³/mol. The first-order chi connectivity index (χ1) is 12.4. The molecule has 0 radical (unpaired) electrons. The molecule has 2 rings (SSSR count). The van der Waals surface area contributed by atoms with Crippen molar-refractivity contribution in [2.24, 2.45) is 0 Å². The molecule has 2 aromatic carbocycles. The number of nitrogens with zero attached hydrogens (tertiary/aromatic N) is 1. The van der Waals surface area contributed by atoms with Gasteiger partial charge in [-0.15, -0.1) is 0 Å². The Kier molecular flexibility index (Phi) is 7.42. The fourth-order valence-electron chi connectivity index (χ4n) is 2.47. The third kappa shape index (κ3) is 5.44. The maximum Gasteiger partial charge on any atom is 0.317 e. The number of rotatable bonds is 7. The second-order valence-electron chi connectivity index (χ2n) is 5.78. The maximum absolute atomic E-state index is 12.2. The second-order valence-corrected chi connectivity index (χ2v) is 6.59. The maximum atomic E-state index is 12.2. The van der Waals surface area contributed by atoms with Crippen LogP contribution in [0.2, 0.25) is 10.0 Å². The molecule has 1 N–H and O–H groups in total. The molecule has 0 saturated heterocycles. The molecular formula is C19H22Cl2N2O3. The van der Waals surface area contributed by atoms with Gasteiger partial charge in [0, 0.05) is 20.1 Å². The lowest BCUT2D eigenvalue weighted by atomic mass is 10.1. The molecule has 0 heterocycles. The highest BCUT2D eigenvalue weighted by Crippen LogP contribution is 2.27. The number of nitrogens with one attached hydrogen (secondary N) is 1. The summed E-state index contributed by atoms with van der Waals surface area (Å²) >= 11 is 11.9.